The van der Waals surface area contributed by atoms with Crippen molar-refractivity contribution in [3.8, 4) is 0 Å². The molecule has 3 heteroatoms. The molecule has 0 bridgehead atoms. The second-order valence-electron chi connectivity index (χ2n) is 6.35. The van der Waals surface area contributed by atoms with Gasteiger partial charge in [0.1, 0.15) is 6.61 Å². The Morgan fingerprint density at radius 3 is 1.92 bits per heavy atom. The van der Waals surface area contributed by atoms with Gasteiger partial charge in [-0.15, -0.1) is 0 Å². The summed E-state index contributed by atoms with van der Waals surface area (Å²) in [5.41, 5.74) is 3.18. The summed E-state index contributed by atoms with van der Waals surface area (Å²) in [5, 5.41) is 0. The quantitative estimate of drug-likeness (QED) is 0.360. The molecule has 136 valence electrons. The van der Waals surface area contributed by atoms with Crippen LogP contribution in [0.1, 0.15) is 80.8 Å². The van der Waals surface area contributed by atoms with Crippen molar-refractivity contribution in [3.05, 3.63) is 34.9 Å². The number of rotatable bonds is 13. The van der Waals surface area contributed by atoms with Crippen molar-refractivity contribution in [1.29, 1.82) is 0 Å². The van der Waals surface area contributed by atoms with Crippen molar-refractivity contribution in [2.75, 3.05) is 19.8 Å². The highest BCUT2D eigenvalue weighted by atomic mass is 16.6. The summed E-state index contributed by atoms with van der Waals surface area (Å²) in [4.78, 5) is 12.3. The van der Waals surface area contributed by atoms with Crippen LogP contribution in [0.5, 0.6) is 0 Å². The summed E-state index contributed by atoms with van der Waals surface area (Å²) >= 11 is 0. The zero-order valence-electron chi connectivity index (χ0n) is 15.7. The first kappa shape index (κ1) is 20.7. The second kappa shape index (κ2) is 13.0. The number of aryl methyl sites for hydroxylation is 2. The lowest BCUT2D eigenvalue weighted by molar-refractivity contribution is 0.0313. The van der Waals surface area contributed by atoms with Crippen LogP contribution >= 0.6 is 0 Å². The summed E-state index contributed by atoms with van der Waals surface area (Å²) in [5.74, 6) is -0.231. The Morgan fingerprint density at radius 1 is 0.792 bits per heavy atom. The molecule has 1 rings (SSSR count). The second-order valence-corrected chi connectivity index (χ2v) is 6.35. The van der Waals surface area contributed by atoms with Gasteiger partial charge in [-0.3, -0.25) is 0 Å². The molecule has 0 unspecified atom stereocenters. The molecule has 1 aromatic carbocycles. The Labute approximate surface area is 147 Å². The molecule has 0 saturated heterocycles. The van der Waals surface area contributed by atoms with Crippen molar-refractivity contribution in [2.45, 2.75) is 72.1 Å². The van der Waals surface area contributed by atoms with Crippen LogP contribution in [0.3, 0.4) is 0 Å². The molecule has 1 aromatic rings. The van der Waals surface area contributed by atoms with Gasteiger partial charge in [0.05, 0.1) is 12.2 Å². The lowest BCUT2D eigenvalue weighted by Crippen LogP contribution is -2.12. The van der Waals surface area contributed by atoms with Crippen molar-refractivity contribution in [1.82, 2.24) is 0 Å². The first-order valence-electron chi connectivity index (χ1n) is 9.58. The van der Waals surface area contributed by atoms with Crippen molar-refractivity contribution in [2.24, 2.45) is 0 Å². The number of unbranched alkanes of at least 4 members (excludes halogenated alkanes) is 3. The fourth-order valence-corrected chi connectivity index (χ4v) is 2.56. The van der Waals surface area contributed by atoms with E-state index in [1.807, 2.05) is 12.1 Å². The van der Waals surface area contributed by atoms with Crippen LogP contribution in [-0.2, 0) is 22.3 Å². The van der Waals surface area contributed by atoms with Crippen molar-refractivity contribution >= 4 is 5.97 Å². The third-order valence-electron chi connectivity index (χ3n) is 4.03. The maximum Gasteiger partial charge on any atom is 0.338 e. The predicted octanol–water partition coefficient (Wildman–Crippen LogP) is 5.35. The van der Waals surface area contributed by atoms with E-state index in [4.69, 9.17) is 9.47 Å². The third-order valence-corrected chi connectivity index (χ3v) is 4.03. The molecule has 24 heavy (non-hydrogen) atoms. The van der Waals surface area contributed by atoms with Crippen molar-refractivity contribution in [3.63, 3.8) is 0 Å². The molecule has 0 heterocycles. The molecule has 0 aliphatic rings. The Bertz CT molecular complexity index is 442. The zero-order chi connectivity index (χ0) is 17.6. The highest BCUT2D eigenvalue weighted by molar-refractivity contribution is 5.89. The minimum atomic E-state index is -0.231. The topological polar surface area (TPSA) is 35.5 Å². The Hall–Kier alpha value is -1.35. The summed E-state index contributed by atoms with van der Waals surface area (Å²) in [6.07, 6.45) is 8.84. The van der Waals surface area contributed by atoms with Gasteiger partial charge in [0.2, 0.25) is 0 Å². The van der Waals surface area contributed by atoms with Crippen LogP contribution < -0.4 is 0 Å². The maximum atomic E-state index is 12.3. The number of hydrogen-bond acceptors (Lipinski definition) is 3. The van der Waals surface area contributed by atoms with E-state index in [9.17, 15) is 4.79 Å². The van der Waals surface area contributed by atoms with E-state index in [2.05, 4.69) is 26.8 Å². The molecule has 3 nitrogen and oxygen atoms in total. The smallest absolute Gasteiger partial charge is 0.338 e. The molecule has 0 fully saturated rings. The zero-order valence-corrected chi connectivity index (χ0v) is 15.7. The SMILES string of the molecule is CCCCOCCOC(=O)c1cc(CCCC)cc(CCCC)c1. The van der Waals surface area contributed by atoms with Crippen LogP contribution in [0.25, 0.3) is 0 Å². The normalized spacial score (nSPS) is 10.8. The van der Waals surface area contributed by atoms with Gasteiger partial charge in [0.25, 0.3) is 0 Å². The average Bonchev–Trinajstić information content (AvgIpc) is 2.60. The van der Waals surface area contributed by atoms with Gasteiger partial charge >= 0.3 is 5.97 Å². The molecule has 0 amide bonds. The third kappa shape index (κ3) is 8.49. The van der Waals surface area contributed by atoms with Crippen LogP contribution in [0.4, 0.5) is 0 Å². The first-order valence-corrected chi connectivity index (χ1v) is 9.58. The number of ether oxygens (including phenoxy) is 2. The number of carbonyl (C=O) groups is 1. The lowest BCUT2D eigenvalue weighted by Gasteiger charge is -2.10. The van der Waals surface area contributed by atoms with Gasteiger partial charge < -0.3 is 9.47 Å². The van der Waals surface area contributed by atoms with Gasteiger partial charge in [-0.2, -0.15) is 0 Å². The van der Waals surface area contributed by atoms with Crippen molar-refractivity contribution < 1.29 is 14.3 Å². The highest BCUT2D eigenvalue weighted by Gasteiger charge is 2.10. The van der Waals surface area contributed by atoms with Gasteiger partial charge in [0, 0.05) is 6.61 Å². The first-order chi connectivity index (χ1) is 11.7. The van der Waals surface area contributed by atoms with Gasteiger partial charge in [-0.25, -0.2) is 4.79 Å². The number of carbonyl (C=O) groups excluding carboxylic acids is 1. The minimum Gasteiger partial charge on any atom is -0.460 e. The Morgan fingerprint density at radius 2 is 1.38 bits per heavy atom. The fraction of sp³-hybridized carbons (Fsp3) is 0.667. The van der Waals surface area contributed by atoms with Crippen LogP contribution in [0.2, 0.25) is 0 Å². The van der Waals surface area contributed by atoms with E-state index >= 15 is 0 Å². The number of esters is 1. The van der Waals surface area contributed by atoms with E-state index in [-0.39, 0.29) is 5.97 Å². The molecular weight excluding hydrogens is 300 g/mol. The molecular formula is C21H34O3. The standard InChI is InChI=1S/C21H34O3/c1-4-7-10-18-15-19(11-8-5-2)17-20(16-18)21(22)24-14-13-23-12-9-6-3/h15-17H,4-14H2,1-3H3. The summed E-state index contributed by atoms with van der Waals surface area (Å²) < 4.78 is 10.8. The fourth-order valence-electron chi connectivity index (χ4n) is 2.56. The van der Waals surface area contributed by atoms with Crippen LogP contribution in [0.15, 0.2) is 18.2 Å². The molecule has 0 spiro atoms. The summed E-state index contributed by atoms with van der Waals surface area (Å²) in [6.45, 7) is 8.05. The lowest BCUT2D eigenvalue weighted by atomic mass is 9.99. The number of hydrogen-bond donors (Lipinski definition) is 0. The molecule has 0 aliphatic carbocycles. The molecule has 0 N–H and O–H groups in total. The minimum absolute atomic E-state index is 0.231. The molecule has 0 aliphatic heterocycles. The van der Waals surface area contributed by atoms with E-state index in [1.165, 1.54) is 11.1 Å². The van der Waals surface area contributed by atoms with E-state index in [0.29, 0.717) is 18.8 Å². The van der Waals surface area contributed by atoms with Gasteiger partial charge in [-0.1, -0.05) is 46.1 Å². The summed E-state index contributed by atoms with van der Waals surface area (Å²) in [7, 11) is 0. The average molecular weight is 335 g/mol. The maximum absolute atomic E-state index is 12.3. The summed E-state index contributed by atoms with van der Waals surface area (Å²) in [6, 6.07) is 6.23. The van der Waals surface area contributed by atoms with Gasteiger partial charge in [0.15, 0.2) is 0 Å². The molecule has 0 radical (unpaired) electrons. The molecule has 0 saturated carbocycles. The monoisotopic (exact) mass is 334 g/mol. The Kier molecular flexibility index (Phi) is 11.2. The molecule has 0 atom stereocenters. The number of benzene rings is 1. The van der Waals surface area contributed by atoms with Crippen LogP contribution in [0, 0.1) is 0 Å². The predicted molar refractivity (Wildman–Crippen MR) is 99.7 cm³/mol. The van der Waals surface area contributed by atoms with E-state index in [0.717, 1.165) is 58.0 Å². The highest BCUT2D eigenvalue weighted by Crippen LogP contribution is 2.16. The Balaban J connectivity index is 2.60. The van der Waals surface area contributed by atoms with E-state index in [1.54, 1.807) is 0 Å². The molecule has 0 aromatic heterocycles. The van der Waals surface area contributed by atoms with Gasteiger partial charge in [-0.05, 0) is 55.4 Å². The van der Waals surface area contributed by atoms with Crippen LogP contribution in [-0.4, -0.2) is 25.8 Å². The largest absolute Gasteiger partial charge is 0.460 e. The van der Waals surface area contributed by atoms with E-state index < -0.39 is 0 Å².